The Labute approximate surface area is 163 Å². The van der Waals surface area contributed by atoms with Gasteiger partial charge in [0, 0.05) is 12.1 Å². The van der Waals surface area contributed by atoms with Crippen LogP contribution < -0.4 is 10.3 Å². The van der Waals surface area contributed by atoms with E-state index in [1.54, 1.807) is 0 Å². The molecular formula is C20H24N4O2S. The highest BCUT2D eigenvalue weighted by Gasteiger charge is 2.17. The molecule has 6 nitrogen and oxygen atoms in total. The van der Waals surface area contributed by atoms with Gasteiger partial charge in [-0.25, -0.2) is 4.98 Å². The number of nitriles is 1. The molecule has 2 aromatic rings. The van der Waals surface area contributed by atoms with Crippen molar-refractivity contribution in [3.63, 3.8) is 0 Å². The lowest BCUT2D eigenvalue weighted by atomic mass is 10.1. The van der Waals surface area contributed by atoms with E-state index in [-0.39, 0.29) is 5.56 Å². The maximum atomic E-state index is 12.2. The third-order valence-corrected chi connectivity index (χ3v) is 5.25. The van der Waals surface area contributed by atoms with Crippen LogP contribution in [0.15, 0.2) is 34.2 Å². The molecule has 1 aromatic carbocycles. The number of piperidine rings is 1. The third-order valence-electron chi connectivity index (χ3n) is 4.67. The van der Waals surface area contributed by atoms with E-state index >= 15 is 0 Å². The number of aromatic nitrogens is 2. The number of hydrogen-bond donors (Lipinski definition) is 1. The molecule has 0 saturated carbocycles. The molecule has 0 aliphatic carbocycles. The van der Waals surface area contributed by atoms with Crippen LogP contribution in [0.3, 0.4) is 0 Å². The fourth-order valence-corrected chi connectivity index (χ4v) is 3.67. The van der Waals surface area contributed by atoms with Crippen molar-refractivity contribution < 1.29 is 4.74 Å². The summed E-state index contributed by atoms with van der Waals surface area (Å²) in [4.78, 5) is 21.7. The zero-order valence-corrected chi connectivity index (χ0v) is 16.3. The van der Waals surface area contributed by atoms with Crippen molar-refractivity contribution in [2.75, 3.05) is 32.5 Å². The molecule has 142 valence electrons. The summed E-state index contributed by atoms with van der Waals surface area (Å²) in [5, 5.41) is 9.89. The van der Waals surface area contributed by atoms with Crippen molar-refractivity contribution in [1.29, 1.82) is 5.26 Å². The van der Waals surface area contributed by atoms with Crippen molar-refractivity contribution in [2.45, 2.75) is 30.8 Å². The fourth-order valence-electron chi connectivity index (χ4n) is 3.29. The zero-order valence-electron chi connectivity index (χ0n) is 15.5. The lowest BCUT2D eigenvalue weighted by molar-refractivity contribution is 0.205. The van der Waals surface area contributed by atoms with Gasteiger partial charge in [0.1, 0.15) is 23.1 Å². The number of aromatic amines is 1. The highest BCUT2D eigenvalue weighted by Crippen LogP contribution is 2.30. The number of hydrogen-bond acceptors (Lipinski definition) is 6. The maximum absolute atomic E-state index is 12.2. The lowest BCUT2D eigenvalue weighted by Crippen LogP contribution is -2.31. The molecular weight excluding hydrogens is 360 g/mol. The number of nitrogens with zero attached hydrogens (tertiary/aromatic N) is 3. The fraction of sp³-hybridized carbons (Fsp3) is 0.450. The van der Waals surface area contributed by atoms with Gasteiger partial charge in [-0.2, -0.15) is 5.26 Å². The third kappa shape index (κ3) is 4.90. The van der Waals surface area contributed by atoms with Crippen molar-refractivity contribution >= 4 is 11.8 Å². The second-order valence-electron chi connectivity index (χ2n) is 6.51. The Morgan fingerprint density at radius 3 is 2.81 bits per heavy atom. The predicted octanol–water partition coefficient (Wildman–Crippen LogP) is 3.29. The molecule has 1 saturated heterocycles. The second-order valence-corrected chi connectivity index (χ2v) is 7.31. The second kappa shape index (κ2) is 9.58. The number of benzene rings is 1. The molecule has 0 spiro atoms. The molecule has 27 heavy (non-hydrogen) atoms. The van der Waals surface area contributed by atoms with Crippen molar-refractivity contribution in [1.82, 2.24) is 14.9 Å². The minimum Gasteiger partial charge on any atom is -0.493 e. The maximum Gasteiger partial charge on any atom is 0.270 e. The van der Waals surface area contributed by atoms with Crippen LogP contribution in [0.1, 0.15) is 31.2 Å². The Hall–Kier alpha value is -2.30. The molecule has 1 aliphatic rings. The summed E-state index contributed by atoms with van der Waals surface area (Å²) in [5.74, 6) is 0.651. The van der Waals surface area contributed by atoms with Crippen LogP contribution >= 0.6 is 11.8 Å². The number of H-pyrrole nitrogens is 1. The normalized spacial score (nSPS) is 14.7. The molecule has 1 aromatic heterocycles. The van der Waals surface area contributed by atoms with Gasteiger partial charge in [-0.15, -0.1) is 0 Å². The van der Waals surface area contributed by atoms with Gasteiger partial charge in [-0.05, 0) is 50.7 Å². The van der Waals surface area contributed by atoms with E-state index < -0.39 is 5.56 Å². The molecule has 7 heteroatoms. The summed E-state index contributed by atoms with van der Waals surface area (Å²) in [7, 11) is 0. The standard InChI is InChI=1S/C20H24N4O2S/c1-27-20-22-18(16(14-21)19(25)23-20)15-8-3-4-9-17(15)26-13-7-12-24-10-5-2-6-11-24/h3-4,8-9H,2,5-7,10-13H2,1H3,(H,22,23,25). The number of thioether (sulfide) groups is 1. The summed E-state index contributed by atoms with van der Waals surface area (Å²) in [6, 6.07) is 9.42. The summed E-state index contributed by atoms with van der Waals surface area (Å²) in [6.07, 6.45) is 6.68. The molecule has 0 atom stereocenters. The van der Waals surface area contributed by atoms with Gasteiger partial charge in [0.2, 0.25) is 0 Å². The monoisotopic (exact) mass is 384 g/mol. The van der Waals surface area contributed by atoms with Crippen LogP contribution in [-0.2, 0) is 0 Å². The number of likely N-dealkylation sites (tertiary alicyclic amines) is 1. The molecule has 0 bridgehead atoms. The Balaban J connectivity index is 1.75. The van der Waals surface area contributed by atoms with Gasteiger partial charge >= 0.3 is 0 Å². The average Bonchev–Trinajstić information content (AvgIpc) is 2.71. The summed E-state index contributed by atoms with van der Waals surface area (Å²) in [5.41, 5.74) is 0.634. The van der Waals surface area contributed by atoms with Crippen LogP contribution in [0, 0.1) is 11.3 Å². The van der Waals surface area contributed by atoms with Gasteiger partial charge in [0.25, 0.3) is 5.56 Å². The molecule has 0 amide bonds. The van der Waals surface area contributed by atoms with Crippen LogP contribution in [-0.4, -0.2) is 47.4 Å². The molecule has 1 N–H and O–H groups in total. The van der Waals surface area contributed by atoms with Crippen molar-refractivity contribution in [3.8, 4) is 23.1 Å². The number of para-hydroxylation sites is 1. The van der Waals surface area contributed by atoms with E-state index in [0.717, 1.165) is 13.0 Å². The molecule has 1 aliphatic heterocycles. The van der Waals surface area contributed by atoms with Crippen molar-refractivity contribution in [2.24, 2.45) is 0 Å². The molecule has 1 fully saturated rings. The molecule has 0 radical (unpaired) electrons. The Morgan fingerprint density at radius 2 is 2.07 bits per heavy atom. The smallest absolute Gasteiger partial charge is 0.270 e. The van der Waals surface area contributed by atoms with Gasteiger partial charge < -0.3 is 14.6 Å². The Morgan fingerprint density at radius 1 is 1.30 bits per heavy atom. The number of ether oxygens (including phenoxy) is 1. The van der Waals surface area contributed by atoms with E-state index in [2.05, 4.69) is 14.9 Å². The van der Waals surface area contributed by atoms with E-state index in [1.165, 1.54) is 44.1 Å². The van der Waals surface area contributed by atoms with Crippen LogP contribution in [0.2, 0.25) is 0 Å². The first-order valence-electron chi connectivity index (χ1n) is 9.26. The SMILES string of the molecule is CSc1nc(-c2ccccc2OCCCN2CCCCC2)c(C#N)c(=O)[nH]1. The van der Waals surface area contributed by atoms with Crippen LogP contribution in [0.4, 0.5) is 0 Å². The van der Waals surface area contributed by atoms with Gasteiger partial charge in [0.15, 0.2) is 5.16 Å². The van der Waals surface area contributed by atoms with E-state index in [1.807, 2.05) is 36.6 Å². The summed E-state index contributed by atoms with van der Waals surface area (Å²) in [6.45, 7) is 3.98. The first-order chi connectivity index (χ1) is 13.2. The molecule has 3 rings (SSSR count). The van der Waals surface area contributed by atoms with E-state index in [0.29, 0.717) is 28.8 Å². The lowest BCUT2D eigenvalue weighted by Gasteiger charge is -2.26. The first-order valence-corrected chi connectivity index (χ1v) is 10.5. The minimum atomic E-state index is -0.424. The Bertz CT molecular complexity index is 869. The van der Waals surface area contributed by atoms with Crippen molar-refractivity contribution in [3.05, 3.63) is 40.2 Å². The van der Waals surface area contributed by atoms with Gasteiger partial charge in [-0.3, -0.25) is 4.79 Å². The van der Waals surface area contributed by atoms with Gasteiger partial charge in [0.05, 0.1) is 6.61 Å². The predicted molar refractivity (Wildman–Crippen MR) is 107 cm³/mol. The highest BCUT2D eigenvalue weighted by molar-refractivity contribution is 7.98. The minimum absolute atomic E-state index is 0.0113. The van der Waals surface area contributed by atoms with Gasteiger partial charge in [-0.1, -0.05) is 30.3 Å². The topological polar surface area (TPSA) is 82.0 Å². The number of nitrogens with one attached hydrogen (secondary N) is 1. The largest absolute Gasteiger partial charge is 0.493 e. The number of rotatable bonds is 7. The van der Waals surface area contributed by atoms with E-state index in [4.69, 9.17) is 4.74 Å². The van der Waals surface area contributed by atoms with Crippen LogP contribution in [0.25, 0.3) is 11.3 Å². The molecule has 0 unspecified atom stereocenters. The van der Waals surface area contributed by atoms with E-state index in [9.17, 15) is 10.1 Å². The summed E-state index contributed by atoms with van der Waals surface area (Å²) < 4.78 is 6.00. The molecule has 2 heterocycles. The first kappa shape index (κ1) is 19.5. The quantitative estimate of drug-likeness (QED) is 0.448. The average molecular weight is 385 g/mol. The van der Waals surface area contributed by atoms with Crippen LogP contribution in [0.5, 0.6) is 5.75 Å². The zero-order chi connectivity index (χ0) is 19.1. The Kier molecular flexibility index (Phi) is 6.91. The highest BCUT2D eigenvalue weighted by atomic mass is 32.2. The summed E-state index contributed by atoms with van der Waals surface area (Å²) >= 11 is 1.33.